The van der Waals surface area contributed by atoms with Gasteiger partial charge in [0.15, 0.2) is 5.82 Å². The molecule has 2 aromatic rings. The summed E-state index contributed by atoms with van der Waals surface area (Å²) in [7, 11) is 1.91. The number of nitrogens with zero attached hydrogens (tertiary/aromatic N) is 4. The van der Waals surface area contributed by atoms with Crippen molar-refractivity contribution in [2.45, 2.75) is 27.3 Å². The molecular formula is C12H17N5. The highest BCUT2D eigenvalue weighted by molar-refractivity contribution is 5.36. The van der Waals surface area contributed by atoms with Crippen molar-refractivity contribution < 1.29 is 0 Å². The lowest BCUT2D eigenvalue weighted by Crippen LogP contribution is -2.12. The van der Waals surface area contributed by atoms with Crippen LogP contribution in [0.5, 0.6) is 0 Å². The van der Waals surface area contributed by atoms with E-state index < -0.39 is 0 Å². The molecule has 1 N–H and O–H groups in total. The van der Waals surface area contributed by atoms with Crippen LogP contribution in [0.25, 0.3) is 5.82 Å². The fourth-order valence-electron chi connectivity index (χ4n) is 1.78. The summed E-state index contributed by atoms with van der Waals surface area (Å²) in [4.78, 5) is 8.39. The first-order valence-corrected chi connectivity index (χ1v) is 5.61. The molecule has 2 rings (SSSR count). The van der Waals surface area contributed by atoms with E-state index in [0.29, 0.717) is 0 Å². The second kappa shape index (κ2) is 4.63. The maximum Gasteiger partial charge on any atom is 0.161 e. The van der Waals surface area contributed by atoms with Crippen LogP contribution in [0.2, 0.25) is 0 Å². The molecule has 5 nitrogen and oxygen atoms in total. The van der Waals surface area contributed by atoms with Crippen LogP contribution < -0.4 is 5.32 Å². The minimum absolute atomic E-state index is 0.730. The lowest BCUT2D eigenvalue weighted by atomic mass is 10.2. The average Bonchev–Trinajstić information content (AvgIpc) is 2.58. The van der Waals surface area contributed by atoms with Gasteiger partial charge in [-0.3, -0.25) is 0 Å². The normalized spacial score (nSPS) is 10.8. The fourth-order valence-corrected chi connectivity index (χ4v) is 1.78. The van der Waals surface area contributed by atoms with Gasteiger partial charge in [0.25, 0.3) is 0 Å². The van der Waals surface area contributed by atoms with Gasteiger partial charge in [0.2, 0.25) is 0 Å². The molecule has 0 radical (unpaired) electrons. The number of hydrogen-bond acceptors (Lipinski definition) is 4. The topological polar surface area (TPSA) is 55.6 Å². The maximum atomic E-state index is 4.52. The van der Waals surface area contributed by atoms with E-state index in [9.17, 15) is 0 Å². The first-order chi connectivity index (χ1) is 8.15. The molecule has 0 saturated heterocycles. The van der Waals surface area contributed by atoms with Gasteiger partial charge in [-0.25, -0.2) is 14.6 Å². The largest absolute Gasteiger partial charge is 0.315 e. The first-order valence-electron chi connectivity index (χ1n) is 5.61. The van der Waals surface area contributed by atoms with Crippen molar-refractivity contribution in [1.82, 2.24) is 25.1 Å². The lowest BCUT2D eigenvalue weighted by Gasteiger charge is -2.08. The summed E-state index contributed by atoms with van der Waals surface area (Å²) in [5.41, 5.74) is 4.41. The van der Waals surface area contributed by atoms with Crippen molar-refractivity contribution in [1.29, 1.82) is 0 Å². The van der Waals surface area contributed by atoms with Crippen molar-refractivity contribution in [3.05, 3.63) is 35.0 Å². The van der Waals surface area contributed by atoms with E-state index in [2.05, 4.69) is 34.2 Å². The molecule has 0 amide bonds. The zero-order valence-electron chi connectivity index (χ0n) is 10.7. The Morgan fingerprint density at radius 3 is 2.65 bits per heavy atom. The van der Waals surface area contributed by atoms with Crippen molar-refractivity contribution in [2.75, 3.05) is 7.05 Å². The van der Waals surface area contributed by atoms with E-state index in [1.54, 1.807) is 6.33 Å². The molecule has 0 aliphatic carbocycles. The average molecular weight is 231 g/mol. The third-order valence-corrected chi connectivity index (χ3v) is 2.99. The molecule has 0 bridgehead atoms. The molecule has 0 unspecified atom stereocenters. The van der Waals surface area contributed by atoms with Gasteiger partial charge in [-0.1, -0.05) is 0 Å². The van der Waals surface area contributed by atoms with Crippen LogP contribution in [0.1, 0.15) is 22.5 Å². The molecular weight excluding hydrogens is 214 g/mol. The standard InChI is InChI=1S/C12H17N5/c1-8-9(2)16-17(10(8)3)12-11(5-13-4)6-14-7-15-12/h6-7,13H,5H2,1-4H3. The predicted molar refractivity (Wildman–Crippen MR) is 66.1 cm³/mol. The molecule has 0 spiro atoms. The molecule has 0 aromatic carbocycles. The van der Waals surface area contributed by atoms with Gasteiger partial charge in [0.05, 0.1) is 5.69 Å². The van der Waals surface area contributed by atoms with Gasteiger partial charge in [-0.2, -0.15) is 5.10 Å². The molecule has 0 atom stereocenters. The van der Waals surface area contributed by atoms with Gasteiger partial charge in [-0.15, -0.1) is 0 Å². The lowest BCUT2D eigenvalue weighted by molar-refractivity contribution is 0.746. The third kappa shape index (κ3) is 2.06. The highest BCUT2D eigenvalue weighted by atomic mass is 15.3. The number of nitrogens with one attached hydrogen (secondary N) is 1. The minimum Gasteiger partial charge on any atom is -0.315 e. The molecule has 0 aliphatic rings. The molecule has 2 heterocycles. The van der Waals surface area contributed by atoms with E-state index in [1.807, 2.05) is 24.9 Å². The number of aryl methyl sites for hydroxylation is 1. The predicted octanol–water partition coefficient (Wildman–Crippen LogP) is 1.31. The maximum absolute atomic E-state index is 4.52. The van der Waals surface area contributed by atoms with Crippen molar-refractivity contribution in [3.63, 3.8) is 0 Å². The molecule has 5 heteroatoms. The monoisotopic (exact) mass is 231 g/mol. The minimum atomic E-state index is 0.730. The smallest absolute Gasteiger partial charge is 0.161 e. The van der Waals surface area contributed by atoms with Crippen LogP contribution in [-0.4, -0.2) is 26.8 Å². The summed E-state index contributed by atoms with van der Waals surface area (Å²) < 4.78 is 1.89. The molecule has 0 aliphatic heterocycles. The van der Waals surface area contributed by atoms with Crippen LogP contribution in [0, 0.1) is 20.8 Å². The number of hydrogen-bond donors (Lipinski definition) is 1. The Hall–Kier alpha value is -1.75. The zero-order valence-corrected chi connectivity index (χ0v) is 10.7. The highest BCUT2D eigenvalue weighted by Crippen LogP contribution is 2.17. The highest BCUT2D eigenvalue weighted by Gasteiger charge is 2.12. The van der Waals surface area contributed by atoms with Crippen molar-refractivity contribution >= 4 is 0 Å². The molecule has 17 heavy (non-hydrogen) atoms. The zero-order chi connectivity index (χ0) is 12.4. The molecule has 2 aromatic heterocycles. The van der Waals surface area contributed by atoms with Gasteiger partial charge < -0.3 is 5.32 Å². The van der Waals surface area contributed by atoms with Crippen molar-refractivity contribution in [2.24, 2.45) is 0 Å². The summed E-state index contributed by atoms with van der Waals surface area (Å²) in [6.07, 6.45) is 3.38. The fraction of sp³-hybridized carbons (Fsp3) is 0.417. The van der Waals surface area contributed by atoms with E-state index in [1.165, 1.54) is 5.56 Å². The molecule has 0 fully saturated rings. The summed E-state index contributed by atoms with van der Waals surface area (Å²) in [5.74, 6) is 0.850. The third-order valence-electron chi connectivity index (χ3n) is 2.99. The van der Waals surface area contributed by atoms with E-state index >= 15 is 0 Å². The Morgan fingerprint density at radius 1 is 1.29 bits per heavy atom. The summed E-state index contributed by atoms with van der Waals surface area (Å²) in [5, 5.41) is 7.64. The van der Waals surface area contributed by atoms with E-state index in [4.69, 9.17) is 0 Å². The Labute approximate surface area is 101 Å². The molecule has 0 saturated carbocycles. The summed E-state index contributed by atoms with van der Waals surface area (Å²) in [6.45, 7) is 6.87. The van der Waals surface area contributed by atoms with Crippen molar-refractivity contribution in [3.8, 4) is 5.82 Å². The SMILES string of the molecule is CNCc1cncnc1-n1nc(C)c(C)c1C. The van der Waals surface area contributed by atoms with E-state index in [0.717, 1.165) is 29.3 Å². The van der Waals surface area contributed by atoms with Gasteiger partial charge in [0, 0.05) is 24.0 Å². The Bertz CT molecular complexity index is 530. The number of rotatable bonds is 3. The Kier molecular flexibility index (Phi) is 3.19. The summed E-state index contributed by atoms with van der Waals surface area (Å²) >= 11 is 0. The van der Waals surface area contributed by atoms with Crippen LogP contribution >= 0.6 is 0 Å². The van der Waals surface area contributed by atoms with Gasteiger partial charge in [-0.05, 0) is 33.4 Å². The number of aromatic nitrogens is 4. The van der Waals surface area contributed by atoms with Crippen LogP contribution in [0.4, 0.5) is 0 Å². The van der Waals surface area contributed by atoms with Gasteiger partial charge >= 0.3 is 0 Å². The quantitative estimate of drug-likeness (QED) is 0.865. The van der Waals surface area contributed by atoms with Crippen LogP contribution in [0.15, 0.2) is 12.5 Å². The second-order valence-corrected chi connectivity index (χ2v) is 4.11. The van der Waals surface area contributed by atoms with Crippen LogP contribution in [0.3, 0.4) is 0 Å². The van der Waals surface area contributed by atoms with E-state index in [-0.39, 0.29) is 0 Å². The Morgan fingerprint density at radius 2 is 2.06 bits per heavy atom. The van der Waals surface area contributed by atoms with Gasteiger partial charge in [0.1, 0.15) is 6.33 Å². The summed E-state index contributed by atoms with van der Waals surface area (Å²) in [6, 6.07) is 0. The Balaban J connectivity index is 2.56. The molecule has 90 valence electrons. The second-order valence-electron chi connectivity index (χ2n) is 4.11. The van der Waals surface area contributed by atoms with Crippen LogP contribution in [-0.2, 0) is 6.54 Å². The first kappa shape index (κ1) is 11.7.